The number of pyridine rings is 1. The smallest absolute Gasteiger partial charge is 0.252 e. The molecule has 4 rings (SSSR count). The van der Waals surface area contributed by atoms with E-state index in [0.29, 0.717) is 27.7 Å². The average Bonchev–Trinajstić information content (AvgIpc) is 3.03. The summed E-state index contributed by atoms with van der Waals surface area (Å²) in [7, 11) is 1.42. The fourth-order valence-corrected chi connectivity index (χ4v) is 3.17. The Bertz CT molecular complexity index is 1140. The van der Waals surface area contributed by atoms with Gasteiger partial charge in [-0.05, 0) is 19.1 Å². The van der Waals surface area contributed by atoms with E-state index in [9.17, 15) is 9.18 Å². The minimum Gasteiger partial charge on any atom is -0.494 e. The number of ether oxygens (including phenoxy) is 1. The molecule has 0 aliphatic heterocycles. The molecular weight excluding hydrogens is 331 g/mol. The summed E-state index contributed by atoms with van der Waals surface area (Å²) in [5, 5.41) is 0.897. The molecule has 5 heteroatoms. The monoisotopic (exact) mass is 352 g/mol. The predicted octanol–water partition coefficient (Wildman–Crippen LogP) is 5.16. The van der Waals surface area contributed by atoms with Crippen LogP contribution >= 0.6 is 0 Å². The molecule has 2 aromatic heterocycles. The highest BCUT2D eigenvalue weighted by molar-refractivity contribution is 6.10. The number of rotatable bonds is 2. The standard InChI is InChI=1S/C19H15FN2O2.C2H6/c1-10-15(12-7-5-9-14(24-2)16(12)20)18-17(22-19(10)23)11-6-3-4-8-13(11)21-18;1-2/h3-9,21H,1-2H3,(H,22,23);1-2H3. The van der Waals surface area contributed by atoms with Gasteiger partial charge in [0, 0.05) is 27.6 Å². The molecular formula is C21H21FN2O2. The zero-order valence-electron chi connectivity index (χ0n) is 15.2. The molecule has 4 nitrogen and oxygen atoms in total. The second kappa shape index (κ2) is 7.04. The molecule has 0 aliphatic carbocycles. The van der Waals surface area contributed by atoms with Crippen molar-refractivity contribution < 1.29 is 9.13 Å². The van der Waals surface area contributed by atoms with E-state index in [0.717, 1.165) is 10.9 Å². The van der Waals surface area contributed by atoms with Crippen LogP contribution < -0.4 is 10.3 Å². The molecule has 2 aromatic carbocycles. The van der Waals surface area contributed by atoms with Crippen molar-refractivity contribution in [2.75, 3.05) is 7.11 Å². The van der Waals surface area contributed by atoms with Crippen LogP contribution in [-0.2, 0) is 0 Å². The van der Waals surface area contributed by atoms with Crippen LogP contribution in [0.5, 0.6) is 5.75 Å². The van der Waals surface area contributed by atoms with Crippen LogP contribution in [0.25, 0.3) is 33.1 Å². The molecule has 0 saturated carbocycles. The zero-order chi connectivity index (χ0) is 18.8. The first-order valence-electron chi connectivity index (χ1n) is 8.58. The molecule has 2 N–H and O–H groups in total. The Hall–Kier alpha value is -3.08. The lowest BCUT2D eigenvalue weighted by molar-refractivity contribution is 0.387. The van der Waals surface area contributed by atoms with E-state index in [1.165, 1.54) is 7.11 Å². The number of benzene rings is 2. The Kier molecular flexibility index (Phi) is 4.80. The lowest BCUT2D eigenvalue weighted by Crippen LogP contribution is -2.11. The third-order valence-corrected chi connectivity index (χ3v) is 4.36. The van der Waals surface area contributed by atoms with Crippen molar-refractivity contribution in [2.45, 2.75) is 20.8 Å². The van der Waals surface area contributed by atoms with Crippen molar-refractivity contribution in [2.24, 2.45) is 0 Å². The van der Waals surface area contributed by atoms with Crippen molar-refractivity contribution >= 4 is 21.9 Å². The van der Waals surface area contributed by atoms with Gasteiger partial charge >= 0.3 is 0 Å². The van der Waals surface area contributed by atoms with Gasteiger partial charge in [0.15, 0.2) is 11.6 Å². The Balaban J connectivity index is 0.000000948. The molecule has 134 valence electrons. The maximum absolute atomic E-state index is 14.8. The van der Waals surface area contributed by atoms with Gasteiger partial charge in [-0.15, -0.1) is 0 Å². The normalized spacial score (nSPS) is 10.7. The van der Waals surface area contributed by atoms with Gasteiger partial charge in [0.25, 0.3) is 5.56 Å². The van der Waals surface area contributed by atoms with Gasteiger partial charge in [-0.3, -0.25) is 4.79 Å². The van der Waals surface area contributed by atoms with Crippen LogP contribution in [0.15, 0.2) is 47.3 Å². The van der Waals surface area contributed by atoms with E-state index in [4.69, 9.17) is 4.74 Å². The lowest BCUT2D eigenvalue weighted by atomic mass is 9.99. The van der Waals surface area contributed by atoms with Crippen molar-refractivity contribution in [3.63, 3.8) is 0 Å². The van der Waals surface area contributed by atoms with Crippen LogP contribution in [0.1, 0.15) is 19.4 Å². The highest BCUT2D eigenvalue weighted by atomic mass is 19.1. The number of methoxy groups -OCH3 is 1. The summed E-state index contributed by atoms with van der Waals surface area (Å²) >= 11 is 0. The summed E-state index contributed by atoms with van der Waals surface area (Å²) in [5.74, 6) is -0.329. The number of halogens is 1. The van der Waals surface area contributed by atoms with Gasteiger partial charge in [-0.25, -0.2) is 4.39 Å². The van der Waals surface area contributed by atoms with E-state index < -0.39 is 5.82 Å². The van der Waals surface area contributed by atoms with Crippen LogP contribution in [0.4, 0.5) is 4.39 Å². The summed E-state index contributed by atoms with van der Waals surface area (Å²) < 4.78 is 19.9. The Morgan fingerprint density at radius 3 is 2.42 bits per heavy atom. The van der Waals surface area contributed by atoms with E-state index >= 15 is 0 Å². The quantitative estimate of drug-likeness (QED) is 0.523. The number of nitrogens with one attached hydrogen (secondary N) is 2. The molecule has 0 fully saturated rings. The fourth-order valence-electron chi connectivity index (χ4n) is 3.17. The highest BCUT2D eigenvalue weighted by Gasteiger charge is 2.19. The molecule has 0 saturated heterocycles. The molecule has 0 atom stereocenters. The maximum Gasteiger partial charge on any atom is 0.252 e. The number of fused-ring (bicyclic) bond motifs is 3. The minimum absolute atomic E-state index is 0.149. The van der Waals surface area contributed by atoms with E-state index in [1.807, 2.05) is 38.1 Å². The van der Waals surface area contributed by atoms with E-state index in [2.05, 4.69) is 9.97 Å². The summed E-state index contributed by atoms with van der Waals surface area (Å²) in [6.07, 6.45) is 0. The topological polar surface area (TPSA) is 57.9 Å². The Labute approximate surface area is 150 Å². The number of hydrogen-bond donors (Lipinski definition) is 2. The third kappa shape index (κ3) is 2.65. The summed E-state index contributed by atoms with van der Waals surface area (Å²) in [6.45, 7) is 5.69. The van der Waals surface area contributed by atoms with Crippen molar-refractivity contribution in [1.29, 1.82) is 0 Å². The predicted molar refractivity (Wildman–Crippen MR) is 104 cm³/mol. The van der Waals surface area contributed by atoms with Crippen LogP contribution in [0.3, 0.4) is 0 Å². The zero-order valence-corrected chi connectivity index (χ0v) is 15.2. The number of hydrogen-bond acceptors (Lipinski definition) is 2. The van der Waals surface area contributed by atoms with Gasteiger partial charge in [0.1, 0.15) is 0 Å². The molecule has 0 radical (unpaired) electrons. The lowest BCUT2D eigenvalue weighted by Gasteiger charge is -2.11. The maximum atomic E-state index is 14.8. The number of H-pyrrole nitrogens is 2. The molecule has 0 spiro atoms. The molecule has 0 unspecified atom stereocenters. The van der Waals surface area contributed by atoms with Gasteiger partial charge < -0.3 is 14.7 Å². The molecule has 4 aromatic rings. The third-order valence-electron chi connectivity index (χ3n) is 4.36. The second-order valence-electron chi connectivity index (χ2n) is 5.70. The van der Waals surface area contributed by atoms with Gasteiger partial charge in [-0.2, -0.15) is 0 Å². The minimum atomic E-state index is -0.478. The molecule has 0 amide bonds. The highest BCUT2D eigenvalue weighted by Crippen LogP contribution is 2.36. The SMILES string of the molecule is CC.COc1cccc(-c2c(C)c(=O)[nH]c3c2[nH]c2ccccc23)c1F. The first-order valence-corrected chi connectivity index (χ1v) is 8.58. The van der Waals surface area contributed by atoms with Gasteiger partial charge in [0.05, 0.1) is 18.1 Å². The van der Waals surface area contributed by atoms with Crippen molar-refractivity contribution in [3.8, 4) is 16.9 Å². The average molecular weight is 352 g/mol. The molecule has 0 bridgehead atoms. The number of para-hydroxylation sites is 1. The first-order chi connectivity index (χ1) is 12.6. The summed E-state index contributed by atoms with van der Waals surface area (Å²) in [6, 6.07) is 12.6. The molecule has 0 aliphatic rings. The Morgan fingerprint density at radius 1 is 0.962 bits per heavy atom. The largest absolute Gasteiger partial charge is 0.494 e. The van der Waals surface area contributed by atoms with E-state index in [-0.39, 0.29) is 11.3 Å². The first kappa shape index (κ1) is 17.7. The van der Waals surface area contributed by atoms with Crippen LogP contribution in [0, 0.1) is 12.7 Å². The van der Waals surface area contributed by atoms with Gasteiger partial charge in [-0.1, -0.05) is 44.2 Å². The fraction of sp³-hybridized carbons (Fsp3) is 0.190. The van der Waals surface area contributed by atoms with Gasteiger partial charge in [0.2, 0.25) is 0 Å². The summed E-state index contributed by atoms with van der Waals surface area (Å²) in [4.78, 5) is 18.6. The van der Waals surface area contributed by atoms with Crippen LogP contribution in [0.2, 0.25) is 0 Å². The molecule has 2 heterocycles. The van der Waals surface area contributed by atoms with Crippen molar-refractivity contribution in [1.82, 2.24) is 9.97 Å². The second-order valence-corrected chi connectivity index (χ2v) is 5.70. The van der Waals surface area contributed by atoms with Crippen molar-refractivity contribution in [3.05, 3.63) is 64.2 Å². The van der Waals surface area contributed by atoms with Crippen LogP contribution in [-0.4, -0.2) is 17.1 Å². The molecule has 26 heavy (non-hydrogen) atoms. The number of aromatic nitrogens is 2. The Morgan fingerprint density at radius 2 is 1.69 bits per heavy atom. The summed E-state index contributed by atoms with van der Waals surface area (Å²) in [5.41, 5.74) is 3.40. The number of aromatic amines is 2. The van der Waals surface area contributed by atoms with E-state index in [1.54, 1.807) is 25.1 Å².